The Hall–Kier alpha value is -1.65. The first-order valence-electron chi connectivity index (χ1n) is 7.31. The van der Waals surface area contributed by atoms with Gasteiger partial charge in [-0.3, -0.25) is 0 Å². The Bertz CT molecular complexity index is 593. The molecule has 0 aliphatic rings. The molecular weight excluding hydrogens is 262 g/mol. The fourth-order valence-corrected chi connectivity index (χ4v) is 2.25. The number of rotatable bonds is 4. The van der Waals surface area contributed by atoms with E-state index in [1.54, 1.807) is 0 Å². The van der Waals surface area contributed by atoms with Gasteiger partial charge in [-0.1, -0.05) is 45.0 Å². The van der Waals surface area contributed by atoms with Gasteiger partial charge in [0.1, 0.15) is 5.82 Å². The van der Waals surface area contributed by atoms with Crippen LogP contribution in [0.1, 0.15) is 32.0 Å². The SMILES string of the molecule is Cn1cc(C(C)(C)C)nc1-c1ccc(C[C@H](N)CO)cc1. The van der Waals surface area contributed by atoms with Crippen LogP contribution >= 0.6 is 0 Å². The molecule has 0 aliphatic carbocycles. The Morgan fingerprint density at radius 1 is 1.24 bits per heavy atom. The third kappa shape index (κ3) is 3.71. The summed E-state index contributed by atoms with van der Waals surface area (Å²) < 4.78 is 2.06. The van der Waals surface area contributed by atoms with Crippen LogP contribution in [-0.4, -0.2) is 27.3 Å². The first-order valence-corrected chi connectivity index (χ1v) is 7.31. The molecule has 0 fully saturated rings. The number of aromatic nitrogens is 2. The fraction of sp³-hybridized carbons (Fsp3) is 0.471. The number of aryl methyl sites for hydroxylation is 1. The van der Waals surface area contributed by atoms with Crippen LogP contribution in [0, 0.1) is 0 Å². The maximum atomic E-state index is 9.01. The number of nitrogens with two attached hydrogens (primary N) is 1. The quantitative estimate of drug-likeness (QED) is 0.906. The molecule has 1 aromatic carbocycles. The first kappa shape index (κ1) is 15.7. The summed E-state index contributed by atoms with van der Waals surface area (Å²) in [6.45, 7) is 6.51. The van der Waals surface area contributed by atoms with Crippen molar-refractivity contribution in [2.75, 3.05) is 6.61 Å². The molecule has 1 aromatic heterocycles. The Morgan fingerprint density at radius 2 is 1.86 bits per heavy atom. The van der Waals surface area contributed by atoms with Crippen LogP contribution in [0.25, 0.3) is 11.4 Å². The molecule has 1 atom stereocenters. The van der Waals surface area contributed by atoms with E-state index >= 15 is 0 Å². The van der Waals surface area contributed by atoms with Gasteiger partial charge in [0.2, 0.25) is 0 Å². The molecule has 114 valence electrons. The molecule has 4 heteroatoms. The van der Waals surface area contributed by atoms with Crippen LogP contribution in [-0.2, 0) is 18.9 Å². The minimum atomic E-state index is -0.198. The van der Waals surface area contributed by atoms with E-state index in [9.17, 15) is 0 Å². The zero-order chi connectivity index (χ0) is 15.6. The first-order chi connectivity index (χ1) is 9.81. The van der Waals surface area contributed by atoms with E-state index in [2.05, 4.69) is 55.8 Å². The van der Waals surface area contributed by atoms with E-state index in [1.807, 2.05) is 7.05 Å². The zero-order valence-corrected chi connectivity index (χ0v) is 13.3. The Labute approximate surface area is 126 Å². The topological polar surface area (TPSA) is 64.1 Å². The number of imidazole rings is 1. The van der Waals surface area contributed by atoms with E-state index < -0.39 is 0 Å². The highest BCUT2D eigenvalue weighted by atomic mass is 16.3. The predicted molar refractivity (Wildman–Crippen MR) is 86.1 cm³/mol. The molecule has 0 unspecified atom stereocenters. The third-order valence-corrected chi connectivity index (χ3v) is 3.59. The van der Waals surface area contributed by atoms with Gasteiger partial charge in [-0.2, -0.15) is 0 Å². The van der Waals surface area contributed by atoms with Gasteiger partial charge in [0, 0.05) is 30.3 Å². The van der Waals surface area contributed by atoms with E-state index in [1.165, 1.54) is 0 Å². The second-order valence-corrected chi connectivity index (χ2v) is 6.65. The molecule has 0 aliphatic heterocycles. The number of aliphatic hydroxyl groups excluding tert-OH is 1. The Morgan fingerprint density at radius 3 is 2.33 bits per heavy atom. The molecule has 0 bridgehead atoms. The highest BCUT2D eigenvalue weighted by Gasteiger charge is 2.19. The van der Waals surface area contributed by atoms with Crippen LogP contribution in [0.2, 0.25) is 0 Å². The molecule has 0 spiro atoms. The summed E-state index contributed by atoms with van der Waals surface area (Å²) in [6, 6.07) is 8.03. The molecule has 21 heavy (non-hydrogen) atoms. The molecule has 1 heterocycles. The molecular formula is C17H25N3O. The van der Waals surface area contributed by atoms with E-state index in [0.29, 0.717) is 6.42 Å². The van der Waals surface area contributed by atoms with E-state index in [4.69, 9.17) is 15.8 Å². The van der Waals surface area contributed by atoms with Crippen molar-refractivity contribution >= 4 is 0 Å². The summed E-state index contributed by atoms with van der Waals surface area (Å²) in [4.78, 5) is 4.76. The summed E-state index contributed by atoms with van der Waals surface area (Å²) in [5.41, 5.74) is 9.12. The van der Waals surface area contributed by atoms with Crippen molar-refractivity contribution in [2.24, 2.45) is 12.8 Å². The Balaban J connectivity index is 2.25. The van der Waals surface area contributed by atoms with Crippen molar-refractivity contribution in [3.05, 3.63) is 41.7 Å². The smallest absolute Gasteiger partial charge is 0.139 e. The summed E-state index contributed by atoms with van der Waals surface area (Å²) in [7, 11) is 2.02. The average Bonchev–Trinajstić information content (AvgIpc) is 2.81. The van der Waals surface area contributed by atoms with Gasteiger partial charge in [0.15, 0.2) is 0 Å². The summed E-state index contributed by atoms with van der Waals surface area (Å²) in [5, 5.41) is 9.01. The maximum Gasteiger partial charge on any atom is 0.139 e. The van der Waals surface area contributed by atoms with Crippen LogP contribution in [0.15, 0.2) is 30.5 Å². The average molecular weight is 287 g/mol. The van der Waals surface area contributed by atoms with Crippen LogP contribution in [0.5, 0.6) is 0 Å². The molecule has 2 aromatic rings. The molecule has 4 nitrogen and oxygen atoms in total. The lowest BCUT2D eigenvalue weighted by Gasteiger charge is -2.14. The van der Waals surface area contributed by atoms with Gasteiger partial charge in [-0.25, -0.2) is 4.98 Å². The van der Waals surface area contributed by atoms with Gasteiger partial charge in [0.25, 0.3) is 0 Å². The molecule has 2 rings (SSSR count). The molecule has 0 amide bonds. The molecule has 0 saturated carbocycles. The molecule has 0 saturated heterocycles. The Kier molecular flexibility index (Phi) is 4.49. The lowest BCUT2D eigenvalue weighted by atomic mass is 9.93. The monoisotopic (exact) mass is 287 g/mol. The number of hydrogen-bond acceptors (Lipinski definition) is 3. The zero-order valence-electron chi connectivity index (χ0n) is 13.3. The van der Waals surface area contributed by atoms with Crippen molar-refractivity contribution in [2.45, 2.75) is 38.6 Å². The molecule has 0 radical (unpaired) electrons. The van der Waals surface area contributed by atoms with Gasteiger partial charge in [0.05, 0.1) is 12.3 Å². The molecule has 3 N–H and O–H groups in total. The number of hydrogen-bond donors (Lipinski definition) is 2. The second-order valence-electron chi connectivity index (χ2n) is 6.65. The van der Waals surface area contributed by atoms with Crippen molar-refractivity contribution in [3.63, 3.8) is 0 Å². The lowest BCUT2D eigenvalue weighted by Crippen LogP contribution is -2.26. The minimum Gasteiger partial charge on any atom is -0.395 e. The van der Waals surface area contributed by atoms with E-state index in [-0.39, 0.29) is 18.1 Å². The van der Waals surface area contributed by atoms with Gasteiger partial charge < -0.3 is 15.4 Å². The fourth-order valence-electron chi connectivity index (χ4n) is 2.25. The van der Waals surface area contributed by atoms with Gasteiger partial charge >= 0.3 is 0 Å². The van der Waals surface area contributed by atoms with Crippen LogP contribution in [0.4, 0.5) is 0 Å². The summed E-state index contributed by atoms with van der Waals surface area (Å²) >= 11 is 0. The van der Waals surface area contributed by atoms with Crippen molar-refractivity contribution in [1.82, 2.24) is 9.55 Å². The highest BCUT2D eigenvalue weighted by Crippen LogP contribution is 2.25. The largest absolute Gasteiger partial charge is 0.395 e. The number of nitrogens with zero attached hydrogens (tertiary/aromatic N) is 2. The third-order valence-electron chi connectivity index (χ3n) is 3.59. The normalized spacial score (nSPS) is 13.4. The lowest BCUT2D eigenvalue weighted by molar-refractivity contribution is 0.265. The number of benzene rings is 1. The summed E-state index contributed by atoms with van der Waals surface area (Å²) in [6.07, 6.45) is 2.77. The highest BCUT2D eigenvalue weighted by molar-refractivity contribution is 5.56. The summed E-state index contributed by atoms with van der Waals surface area (Å²) in [5.74, 6) is 0.970. The van der Waals surface area contributed by atoms with Crippen molar-refractivity contribution < 1.29 is 5.11 Å². The second kappa shape index (κ2) is 6.00. The van der Waals surface area contributed by atoms with Crippen molar-refractivity contribution in [3.8, 4) is 11.4 Å². The van der Waals surface area contributed by atoms with E-state index in [0.717, 1.165) is 22.6 Å². The maximum absolute atomic E-state index is 9.01. The van der Waals surface area contributed by atoms with Gasteiger partial charge in [-0.15, -0.1) is 0 Å². The van der Waals surface area contributed by atoms with Crippen molar-refractivity contribution in [1.29, 1.82) is 0 Å². The van der Waals surface area contributed by atoms with Crippen LogP contribution < -0.4 is 5.73 Å². The predicted octanol–water partition coefficient (Wildman–Crippen LogP) is 2.25. The standard InChI is InChI=1S/C17H25N3O/c1-17(2,3)15-10-20(4)16(19-15)13-7-5-12(6-8-13)9-14(18)11-21/h5-8,10,14,21H,9,11,18H2,1-4H3/t14-/m0/s1. The van der Waals surface area contributed by atoms with Gasteiger partial charge in [-0.05, 0) is 12.0 Å². The number of aliphatic hydroxyl groups is 1. The minimum absolute atomic E-state index is 0.00998. The van der Waals surface area contributed by atoms with Crippen LogP contribution in [0.3, 0.4) is 0 Å².